The van der Waals surface area contributed by atoms with E-state index in [0.717, 1.165) is 35.1 Å². The van der Waals surface area contributed by atoms with E-state index in [-0.39, 0.29) is 0 Å². The van der Waals surface area contributed by atoms with Crippen molar-refractivity contribution in [3.63, 3.8) is 0 Å². The van der Waals surface area contributed by atoms with Crippen LogP contribution in [0.4, 0.5) is 5.82 Å². The molecule has 3 aromatic heterocycles. The minimum atomic E-state index is 0.310. The van der Waals surface area contributed by atoms with Gasteiger partial charge >= 0.3 is 6.01 Å². The van der Waals surface area contributed by atoms with E-state index >= 15 is 0 Å². The van der Waals surface area contributed by atoms with Crippen LogP contribution in [-0.2, 0) is 0 Å². The van der Waals surface area contributed by atoms with E-state index in [9.17, 15) is 0 Å². The van der Waals surface area contributed by atoms with Gasteiger partial charge in [-0.05, 0) is 43.2 Å². The second-order valence-corrected chi connectivity index (χ2v) is 7.20. The predicted molar refractivity (Wildman–Crippen MR) is 109 cm³/mol. The van der Waals surface area contributed by atoms with Gasteiger partial charge in [-0.3, -0.25) is 0 Å². The number of fused-ring (bicyclic) bond motifs is 1. The van der Waals surface area contributed by atoms with E-state index in [1.54, 1.807) is 18.5 Å². The van der Waals surface area contributed by atoms with Crippen LogP contribution in [0.5, 0.6) is 11.8 Å². The molecule has 1 aromatic carbocycles. The summed E-state index contributed by atoms with van der Waals surface area (Å²) in [6.07, 6.45) is 10.7. The molecule has 1 saturated carbocycles. The summed E-state index contributed by atoms with van der Waals surface area (Å²) < 4.78 is 7.73. The number of rotatable bonds is 4. The molecule has 1 aliphatic carbocycles. The lowest BCUT2D eigenvalue weighted by molar-refractivity contribution is 0.336. The summed E-state index contributed by atoms with van der Waals surface area (Å²) in [7, 11) is 0. The maximum Gasteiger partial charge on any atom is 0.321 e. The van der Waals surface area contributed by atoms with Gasteiger partial charge in [0.25, 0.3) is 0 Å². The van der Waals surface area contributed by atoms with Crippen LogP contribution in [0, 0.1) is 0 Å². The molecule has 146 valence electrons. The number of benzene rings is 1. The lowest BCUT2D eigenvalue weighted by Gasteiger charge is -2.22. The quantitative estimate of drug-likeness (QED) is 0.560. The van der Waals surface area contributed by atoms with Crippen LogP contribution in [0.3, 0.4) is 0 Å². The Balaban J connectivity index is 1.52. The van der Waals surface area contributed by atoms with Gasteiger partial charge in [-0.2, -0.15) is 5.10 Å². The Hall–Kier alpha value is -3.55. The van der Waals surface area contributed by atoms with Crippen molar-refractivity contribution in [3.8, 4) is 23.0 Å². The van der Waals surface area contributed by atoms with Crippen molar-refractivity contribution in [1.82, 2.24) is 29.7 Å². The second-order valence-electron chi connectivity index (χ2n) is 7.20. The third kappa shape index (κ3) is 3.37. The number of ether oxygens (including phenoxy) is 1. The van der Waals surface area contributed by atoms with Crippen LogP contribution < -0.4 is 10.5 Å². The van der Waals surface area contributed by atoms with Crippen LogP contribution in [-0.4, -0.2) is 29.7 Å². The molecular weight excluding hydrogens is 366 g/mol. The largest absolute Gasteiger partial charge is 0.424 e. The molecule has 0 saturated heterocycles. The van der Waals surface area contributed by atoms with Gasteiger partial charge in [0.2, 0.25) is 0 Å². The first kappa shape index (κ1) is 17.5. The molecule has 0 radical (unpaired) electrons. The van der Waals surface area contributed by atoms with Crippen LogP contribution in [0.15, 0.2) is 49.1 Å². The van der Waals surface area contributed by atoms with Gasteiger partial charge < -0.3 is 10.5 Å². The van der Waals surface area contributed by atoms with Gasteiger partial charge in [-0.1, -0.05) is 19.3 Å². The maximum absolute atomic E-state index is 6.22. The molecule has 0 amide bonds. The fraction of sp³-hybridized carbons (Fsp3) is 0.286. The van der Waals surface area contributed by atoms with Crippen molar-refractivity contribution in [3.05, 3.63) is 49.1 Å². The highest BCUT2D eigenvalue weighted by Crippen LogP contribution is 2.36. The van der Waals surface area contributed by atoms with Crippen LogP contribution in [0.25, 0.3) is 22.3 Å². The van der Waals surface area contributed by atoms with Crippen molar-refractivity contribution in [2.75, 3.05) is 5.73 Å². The summed E-state index contributed by atoms with van der Waals surface area (Å²) in [5.41, 5.74) is 8.76. The monoisotopic (exact) mass is 387 g/mol. The Morgan fingerprint density at radius 3 is 2.45 bits per heavy atom. The zero-order valence-corrected chi connectivity index (χ0v) is 15.9. The van der Waals surface area contributed by atoms with Crippen molar-refractivity contribution in [1.29, 1.82) is 0 Å². The van der Waals surface area contributed by atoms with Crippen molar-refractivity contribution >= 4 is 16.9 Å². The first-order valence-corrected chi connectivity index (χ1v) is 9.83. The van der Waals surface area contributed by atoms with E-state index in [1.807, 2.05) is 28.9 Å². The molecular formula is C21H21N7O. The van der Waals surface area contributed by atoms with E-state index in [4.69, 9.17) is 15.6 Å². The number of nitrogen functional groups attached to an aromatic ring is 1. The van der Waals surface area contributed by atoms with Gasteiger partial charge in [0, 0.05) is 18.0 Å². The van der Waals surface area contributed by atoms with Gasteiger partial charge in [-0.25, -0.2) is 24.6 Å². The Bertz CT molecular complexity index is 1120. The first-order valence-electron chi connectivity index (χ1n) is 9.83. The molecule has 1 fully saturated rings. The zero-order chi connectivity index (χ0) is 19.6. The van der Waals surface area contributed by atoms with E-state index in [0.29, 0.717) is 23.6 Å². The normalized spacial score (nSPS) is 14.9. The van der Waals surface area contributed by atoms with Crippen molar-refractivity contribution in [2.45, 2.75) is 38.1 Å². The number of anilines is 1. The van der Waals surface area contributed by atoms with E-state index in [2.05, 4.69) is 19.9 Å². The minimum absolute atomic E-state index is 0.310. The van der Waals surface area contributed by atoms with Gasteiger partial charge in [0.1, 0.15) is 23.6 Å². The summed E-state index contributed by atoms with van der Waals surface area (Å²) in [4.78, 5) is 16.9. The second kappa shape index (κ2) is 7.46. The Labute approximate surface area is 167 Å². The lowest BCUT2D eigenvalue weighted by atomic mass is 9.96. The number of hydrogen-bond donors (Lipinski definition) is 1. The molecule has 5 rings (SSSR count). The molecule has 3 heterocycles. The summed E-state index contributed by atoms with van der Waals surface area (Å²) in [5, 5.41) is 5.73. The first-order chi connectivity index (χ1) is 14.3. The van der Waals surface area contributed by atoms with Crippen LogP contribution >= 0.6 is 0 Å². The van der Waals surface area contributed by atoms with Gasteiger partial charge in [0.15, 0.2) is 5.65 Å². The highest BCUT2D eigenvalue weighted by atomic mass is 16.5. The fourth-order valence-electron chi connectivity index (χ4n) is 3.90. The summed E-state index contributed by atoms with van der Waals surface area (Å²) in [6.45, 7) is 0. The molecule has 29 heavy (non-hydrogen) atoms. The maximum atomic E-state index is 6.22. The number of aromatic nitrogens is 6. The SMILES string of the molecule is Nc1ncnc2c1c(-c1ccc(Oc3ncccn3)cc1)nn2C1CCCCC1. The Morgan fingerprint density at radius 1 is 0.931 bits per heavy atom. The topological polar surface area (TPSA) is 105 Å². The molecule has 1 aliphatic rings. The zero-order valence-electron chi connectivity index (χ0n) is 15.9. The van der Waals surface area contributed by atoms with E-state index < -0.39 is 0 Å². The summed E-state index contributed by atoms with van der Waals surface area (Å²) in [5.74, 6) is 1.10. The van der Waals surface area contributed by atoms with Gasteiger partial charge in [-0.15, -0.1) is 0 Å². The van der Waals surface area contributed by atoms with Crippen molar-refractivity contribution < 1.29 is 4.74 Å². The summed E-state index contributed by atoms with van der Waals surface area (Å²) in [6, 6.07) is 10.1. The molecule has 0 unspecified atom stereocenters. The minimum Gasteiger partial charge on any atom is -0.424 e. The molecule has 8 heteroatoms. The predicted octanol–water partition coefficient (Wildman–Crippen LogP) is 4.16. The smallest absolute Gasteiger partial charge is 0.321 e. The number of nitrogens with two attached hydrogens (primary N) is 1. The molecule has 0 aliphatic heterocycles. The number of nitrogens with zero attached hydrogens (tertiary/aromatic N) is 6. The standard InChI is InChI=1S/C21H21N7O/c22-19-17-18(14-7-9-16(10-8-14)29-21-23-11-4-12-24-21)27-28(20(17)26-13-25-19)15-5-2-1-3-6-15/h4,7-13,15H,1-3,5-6H2,(H2,22,25,26). The summed E-state index contributed by atoms with van der Waals surface area (Å²) >= 11 is 0. The molecule has 8 nitrogen and oxygen atoms in total. The molecule has 4 aromatic rings. The van der Waals surface area contributed by atoms with Gasteiger partial charge in [0.05, 0.1) is 11.4 Å². The average molecular weight is 387 g/mol. The lowest BCUT2D eigenvalue weighted by Crippen LogP contribution is -2.14. The van der Waals surface area contributed by atoms with E-state index in [1.165, 1.54) is 25.6 Å². The highest BCUT2D eigenvalue weighted by Gasteiger charge is 2.23. The van der Waals surface area contributed by atoms with Crippen LogP contribution in [0.1, 0.15) is 38.1 Å². The third-order valence-electron chi connectivity index (χ3n) is 5.32. The van der Waals surface area contributed by atoms with Crippen molar-refractivity contribution in [2.24, 2.45) is 0 Å². The molecule has 2 N–H and O–H groups in total. The fourth-order valence-corrected chi connectivity index (χ4v) is 3.90. The average Bonchev–Trinajstić information content (AvgIpc) is 3.17. The Morgan fingerprint density at radius 2 is 1.69 bits per heavy atom. The third-order valence-corrected chi connectivity index (χ3v) is 5.32. The molecule has 0 atom stereocenters. The molecule has 0 bridgehead atoms. The van der Waals surface area contributed by atoms with Crippen LogP contribution in [0.2, 0.25) is 0 Å². The number of hydrogen-bond acceptors (Lipinski definition) is 7. The highest BCUT2D eigenvalue weighted by molar-refractivity contribution is 5.98. The Kier molecular flexibility index (Phi) is 4.51. The molecule has 0 spiro atoms.